The number of esters is 1. The van der Waals surface area contributed by atoms with E-state index in [4.69, 9.17) is 0 Å². The minimum atomic E-state index is -5.14. The summed E-state index contributed by atoms with van der Waals surface area (Å²) < 4.78 is 45.7. The van der Waals surface area contributed by atoms with E-state index in [1.165, 1.54) is 25.3 Å². The Hall–Kier alpha value is -2.32. The number of aryl methyl sites for hydroxylation is 1. The normalized spacial score (nSPS) is 13.8. The lowest BCUT2D eigenvalue weighted by atomic mass is 10.1. The summed E-state index contributed by atoms with van der Waals surface area (Å²) in [5.74, 6) is -2.80. The fourth-order valence-corrected chi connectivity index (χ4v) is 1.86. The van der Waals surface area contributed by atoms with Gasteiger partial charge in [0.1, 0.15) is 5.82 Å². The monoisotopic (exact) mass is 347 g/mol. The van der Waals surface area contributed by atoms with Crippen molar-refractivity contribution in [3.8, 4) is 0 Å². The number of halogens is 3. The van der Waals surface area contributed by atoms with Gasteiger partial charge in [-0.15, -0.1) is 0 Å². The van der Waals surface area contributed by atoms with Gasteiger partial charge in [0.25, 0.3) is 0 Å². The van der Waals surface area contributed by atoms with Gasteiger partial charge in [0.2, 0.25) is 5.91 Å². The van der Waals surface area contributed by atoms with Gasteiger partial charge in [-0.2, -0.15) is 13.2 Å². The number of amides is 1. The third kappa shape index (κ3) is 4.59. The SMILES string of the molecule is CCCC(=O)N[C@@](Nc1ccc(C)cn1)(C(=O)OCC)C(F)(F)F. The largest absolute Gasteiger partial charge is 0.463 e. The first-order valence-electron chi connectivity index (χ1n) is 7.42. The second-order valence-corrected chi connectivity index (χ2v) is 5.11. The third-order valence-electron chi connectivity index (χ3n) is 3.04. The van der Waals surface area contributed by atoms with Gasteiger partial charge in [0, 0.05) is 12.6 Å². The Kier molecular flexibility index (Phi) is 6.56. The van der Waals surface area contributed by atoms with E-state index in [0.29, 0.717) is 6.42 Å². The molecule has 0 fully saturated rings. The van der Waals surface area contributed by atoms with Gasteiger partial charge in [-0.3, -0.25) is 4.79 Å². The van der Waals surface area contributed by atoms with E-state index in [0.717, 1.165) is 5.56 Å². The predicted molar refractivity (Wildman–Crippen MR) is 81.1 cm³/mol. The molecular weight excluding hydrogens is 327 g/mol. The summed E-state index contributed by atoms with van der Waals surface area (Å²) in [5, 5.41) is 3.72. The minimum absolute atomic E-state index is 0.166. The number of rotatable bonds is 7. The number of hydrogen-bond acceptors (Lipinski definition) is 5. The summed E-state index contributed by atoms with van der Waals surface area (Å²) >= 11 is 0. The Balaban J connectivity index is 3.30. The Morgan fingerprint density at radius 2 is 1.92 bits per heavy atom. The number of alkyl halides is 3. The molecular formula is C15H20F3N3O3. The zero-order valence-electron chi connectivity index (χ0n) is 13.7. The lowest BCUT2D eigenvalue weighted by Gasteiger charge is -2.35. The second-order valence-electron chi connectivity index (χ2n) is 5.11. The molecule has 24 heavy (non-hydrogen) atoms. The number of pyridine rings is 1. The van der Waals surface area contributed by atoms with E-state index in [2.05, 4.69) is 9.72 Å². The minimum Gasteiger partial charge on any atom is -0.463 e. The van der Waals surface area contributed by atoms with Crippen molar-refractivity contribution in [1.29, 1.82) is 0 Å². The van der Waals surface area contributed by atoms with Crippen molar-refractivity contribution in [2.24, 2.45) is 0 Å². The van der Waals surface area contributed by atoms with Crippen LogP contribution in [-0.4, -0.2) is 35.3 Å². The molecule has 6 nitrogen and oxygen atoms in total. The molecule has 0 aliphatic rings. The van der Waals surface area contributed by atoms with Crippen LogP contribution in [0.1, 0.15) is 32.3 Å². The maximum Gasteiger partial charge on any atom is 0.441 e. The van der Waals surface area contributed by atoms with Crippen LogP contribution in [0.3, 0.4) is 0 Å². The first kappa shape index (κ1) is 19.7. The van der Waals surface area contributed by atoms with Crippen LogP contribution in [0.2, 0.25) is 0 Å². The number of nitrogens with one attached hydrogen (secondary N) is 2. The van der Waals surface area contributed by atoms with Crippen molar-refractivity contribution >= 4 is 17.7 Å². The molecule has 1 aromatic rings. The standard InChI is InChI=1S/C15H20F3N3O3/c1-4-6-12(22)21-14(15(16,17)18,13(23)24-5-2)20-11-8-7-10(3)9-19-11/h7-9H,4-6H2,1-3H3,(H,19,20)(H,21,22)/t14-/m0/s1. The quantitative estimate of drug-likeness (QED) is 0.585. The number of hydrogen-bond donors (Lipinski definition) is 2. The first-order chi connectivity index (χ1) is 11.2. The van der Waals surface area contributed by atoms with Crippen LogP contribution < -0.4 is 10.6 Å². The fraction of sp³-hybridized carbons (Fsp3) is 0.533. The average molecular weight is 347 g/mol. The van der Waals surface area contributed by atoms with Gasteiger partial charge in [-0.05, 0) is 31.9 Å². The Morgan fingerprint density at radius 3 is 2.38 bits per heavy atom. The van der Waals surface area contributed by atoms with Crippen LogP contribution in [0.15, 0.2) is 18.3 Å². The molecule has 0 aliphatic carbocycles. The molecule has 9 heteroatoms. The summed E-state index contributed by atoms with van der Waals surface area (Å²) in [6.07, 6.45) is -3.65. The molecule has 0 bridgehead atoms. The van der Waals surface area contributed by atoms with E-state index < -0.39 is 23.7 Å². The molecule has 0 radical (unpaired) electrons. The second kappa shape index (κ2) is 7.98. The van der Waals surface area contributed by atoms with Gasteiger partial charge in [0.05, 0.1) is 6.61 Å². The van der Waals surface area contributed by atoms with Gasteiger partial charge in [-0.25, -0.2) is 9.78 Å². The molecule has 0 aromatic carbocycles. The van der Waals surface area contributed by atoms with E-state index >= 15 is 0 Å². The number of carbonyl (C=O) groups is 2. The first-order valence-corrected chi connectivity index (χ1v) is 7.42. The lowest BCUT2D eigenvalue weighted by Crippen LogP contribution is -2.69. The molecule has 0 saturated carbocycles. The molecule has 0 unspecified atom stereocenters. The summed E-state index contributed by atoms with van der Waals surface area (Å²) in [5.41, 5.74) is -2.68. The molecule has 2 N–H and O–H groups in total. The van der Waals surface area contributed by atoms with E-state index in [1.807, 2.05) is 5.32 Å². The van der Waals surface area contributed by atoms with Gasteiger partial charge >= 0.3 is 17.8 Å². The molecule has 134 valence electrons. The summed E-state index contributed by atoms with van der Waals surface area (Å²) in [6, 6.07) is 2.80. The van der Waals surface area contributed by atoms with Crippen molar-refractivity contribution < 1.29 is 27.5 Å². The Labute approximate surface area is 137 Å². The van der Waals surface area contributed by atoms with Crippen LogP contribution in [0.25, 0.3) is 0 Å². The zero-order valence-corrected chi connectivity index (χ0v) is 13.7. The summed E-state index contributed by atoms with van der Waals surface area (Å²) in [4.78, 5) is 27.7. The van der Waals surface area contributed by atoms with Crippen molar-refractivity contribution in [1.82, 2.24) is 10.3 Å². The van der Waals surface area contributed by atoms with Crippen LogP contribution in [0.4, 0.5) is 19.0 Å². The zero-order chi connectivity index (χ0) is 18.4. The molecule has 0 saturated heterocycles. The summed E-state index contributed by atoms with van der Waals surface area (Å²) in [7, 11) is 0. The highest BCUT2D eigenvalue weighted by Gasteiger charge is 2.63. The van der Waals surface area contributed by atoms with Crippen molar-refractivity contribution in [2.75, 3.05) is 11.9 Å². The molecule has 1 atom stereocenters. The highest BCUT2D eigenvalue weighted by molar-refractivity contribution is 5.91. The number of carbonyl (C=O) groups excluding carboxylic acids is 2. The Bertz CT molecular complexity index is 576. The number of nitrogens with zero attached hydrogens (tertiary/aromatic N) is 1. The third-order valence-corrected chi connectivity index (χ3v) is 3.04. The molecule has 1 amide bonds. The van der Waals surface area contributed by atoms with Crippen LogP contribution in [-0.2, 0) is 14.3 Å². The van der Waals surface area contributed by atoms with Gasteiger partial charge in [-0.1, -0.05) is 13.0 Å². The maximum absolute atomic E-state index is 13.7. The van der Waals surface area contributed by atoms with Gasteiger partial charge < -0.3 is 15.4 Å². The van der Waals surface area contributed by atoms with E-state index in [1.54, 1.807) is 19.2 Å². The van der Waals surface area contributed by atoms with Crippen molar-refractivity contribution in [2.45, 2.75) is 45.5 Å². The number of anilines is 1. The van der Waals surface area contributed by atoms with Crippen LogP contribution in [0, 0.1) is 6.92 Å². The fourth-order valence-electron chi connectivity index (χ4n) is 1.86. The van der Waals surface area contributed by atoms with Crippen molar-refractivity contribution in [3.05, 3.63) is 23.9 Å². The molecule has 1 aromatic heterocycles. The average Bonchev–Trinajstić information content (AvgIpc) is 2.48. The molecule has 0 aliphatic heterocycles. The molecule has 0 spiro atoms. The molecule has 1 heterocycles. The number of ether oxygens (including phenoxy) is 1. The lowest BCUT2D eigenvalue weighted by molar-refractivity contribution is -0.208. The molecule has 1 rings (SSSR count). The smallest absolute Gasteiger partial charge is 0.441 e. The maximum atomic E-state index is 13.7. The van der Waals surface area contributed by atoms with E-state index in [-0.39, 0.29) is 18.8 Å². The topological polar surface area (TPSA) is 80.3 Å². The van der Waals surface area contributed by atoms with Crippen molar-refractivity contribution in [3.63, 3.8) is 0 Å². The van der Waals surface area contributed by atoms with Crippen LogP contribution >= 0.6 is 0 Å². The summed E-state index contributed by atoms with van der Waals surface area (Å²) in [6.45, 7) is 4.44. The predicted octanol–water partition coefficient (Wildman–Crippen LogP) is 2.54. The van der Waals surface area contributed by atoms with Gasteiger partial charge in [0.15, 0.2) is 0 Å². The Morgan fingerprint density at radius 1 is 1.25 bits per heavy atom. The highest BCUT2D eigenvalue weighted by atomic mass is 19.4. The number of aromatic nitrogens is 1. The van der Waals surface area contributed by atoms with E-state index in [9.17, 15) is 22.8 Å². The van der Waals surface area contributed by atoms with Crippen LogP contribution in [0.5, 0.6) is 0 Å². The highest BCUT2D eigenvalue weighted by Crippen LogP contribution is 2.33.